The Morgan fingerprint density at radius 3 is 2.22 bits per heavy atom. The van der Waals surface area contributed by atoms with Crippen LogP contribution in [0.5, 0.6) is 0 Å². The first-order chi connectivity index (χ1) is 8.43. The van der Waals surface area contributed by atoms with E-state index in [4.69, 9.17) is 5.73 Å². The Balaban J connectivity index is 1.97. The topological polar surface area (TPSA) is 66.6 Å². The molecule has 0 spiro atoms. The number of rotatable bonds is 2. The maximum atomic E-state index is 12.4. The minimum Gasteiger partial charge on any atom is -0.341 e. The first kappa shape index (κ1) is 13.3. The third-order valence-corrected chi connectivity index (χ3v) is 4.11. The monoisotopic (exact) mass is 253 g/mol. The molecule has 2 aliphatic rings. The number of nitrogens with zero attached hydrogens (tertiary/aromatic N) is 2. The van der Waals surface area contributed by atoms with E-state index >= 15 is 0 Å². The van der Waals surface area contributed by atoms with Gasteiger partial charge in [-0.05, 0) is 32.1 Å². The molecule has 0 aromatic rings. The summed E-state index contributed by atoms with van der Waals surface area (Å²) in [4.78, 5) is 27.4. The molecule has 5 nitrogen and oxygen atoms in total. The molecule has 1 atom stereocenters. The van der Waals surface area contributed by atoms with Gasteiger partial charge in [-0.2, -0.15) is 0 Å². The highest BCUT2D eigenvalue weighted by Crippen LogP contribution is 2.39. The van der Waals surface area contributed by atoms with Crippen LogP contribution in [0, 0.1) is 5.92 Å². The van der Waals surface area contributed by atoms with Crippen LogP contribution in [0.15, 0.2) is 0 Å². The van der Waals surface area contributed by atoms with Crippen molar-refractivity contribution in [2.75, 3.05) is 26.2 Å². The van der Waals surface area contributed by atoms with Crippen molar-refractivity contribution in [3.63, 3.8) is 0 Å². The van der Waals surface area contributed by atoms with Crippen LogP contribution in [0.2, 0.25) is 0 Å². The lowest BCUT2D eigenvalue weighted by molar-refractivity contribution is -0.137. The zero-order valence-electron chi connectivity index (χ0n) is 11.3. The fourth-order valence-electron chi connectivity index (χ4n) is 2.63. The maximum absolute atomic E-state index is 12.4. The molecule has 1 heterocycles. The summed E-state index contributed by atoms with van der Waals surface area (Å²) in [7, 11) is 0. The van der Waals surface area contributed by atoms with E-state index in [1.54, 1.807) is 11.8 Å². The Morgan fingerprint density at radius 2 is 1.67 bits per heavy atom. The van der Waals surface area contributed by atoms with Gasteiger partial charge in [0.2, 0.25) is 11.8 Å². The zero-order chi connectivity index (χ0) is 13.3. The second-order valence-electron chi connectivity index (χ2n) is 5.71. The Kier molecular flexibility index (Phi) is 3.61. The summed E-state index contributed by atoms with van der Waals surface area (Å²) in [5.41, 5.74) is 5.45. The van der Waals surface area contributed by atoms with Crippen molar-refractivity contribution >= 4 is 11.8 Å². The zero-order valence-corrected chi connectivity index (χ0v) is 11.3. The van der Waals surface area contributed by atoms with Gasteiger partial charge in [-0.3, -0.25) is 9.59 Å². The third kappa shape index (κ3) is 2.66. The highest BCUT2D eigenvalue weighted by molar-refractivity contribution is 5.86. The van der Waals surface area contributed by atoms with E-state index in [0.29, 0.717) is 25.6 Å². The second kappa shape index (κ2) is 4.88. The quantitative estimate of drug-likeness (QED) is 0.764. The van der Waals surface area contributed by atoms with Crippen molar-refractivity contribution in [1.82, 2.24) is 9.80 Å². The van der Waals surface area contributed by atoms with Crippen LogP contribution < -0.4 is 5.73 Å². The van der Waals surface area contributed by atoms with E-state index < -0.39 is 5.54 Å². The van der Waals surface area contributed by atoms with Crippen molar-refractivity contribution < 1.29 is 9.59 Å². The van der Waals surface area contributed by atoms with Gasteiger partial charge in [-0.25, -0.2) is 0 Å². The molecule has 2 rings (SSSR count). The smallest absolute Gasteiger partial charge is 0.242 e. The normalized spacial score (nSPS) is 24.4. The molecule has 0 bridgehead atoms. The molecule has 1 aliphatic heterocycles. The molecular formula is C13H23N3O2. The maximum Gasteiger partial charge on any atom is 0.242 e. The van der Waals surface area contributed by atoms with Gasteiger partial charge >= 0.3 is 0 Å². The standard InChI is InChI=1S/C13H23N3O2/c1-10(17)15-6-3-7-16(9-8-15)12(18)13(2,14)11-4-5-11/h11H,3-9,14H2,1-2H3. The molecule has 18 heavy (non-hydrogen) atoms. The van der Waals surface area contributed by atoms with Crippen molar-refractivity contribution in [2.24, 2.45) is 11.7 Å². The summed E-state index contributed by atoms with van der Waals surface area (Å²) in [6.07, 6.45) is 2.96. The van der Waals surface area contributed by atoms with Gasteiger partial charge in [0.25, 0.3) is 0 Å². The van der Waals surface area contributed by atoms with E-state index in [2.05, 4.69) is 0 Å². The second-order valence-corrected chi connectivity index (χ2v) is 5.71. The fraction of sp³-hybridized carbons (Fsp3) is 0.846. The number of carbonyl (C=O) groups is 2. The SMILES string of the molecule is CC(=O)N1CCCN(C(=O)C(C)(N)C2CC2)CC1. The summed E-state index contributed by atoms with van der Waals surface area (Å²) in [6, 6.07) is 0. The van der Waals surface area contributed by atoms with Gasteiger partial charge in [0.15, 0.2) is 0 Å². The summed E-state index contributed by atoms with van der Waals surface area (Å²) in [6.45, 7) is 6.11. The van der Waals surface area contributed by atoms with Crippen LogP contribution in [0.1, 0.15) is 33.1 Å². The summed E-state index contributed by atoms with van der Waals surface area (Å²) >= 11 is 0. The molecule has 1 saturated carbocycles. The number of amides is 2. The Morgan fingerprint density at radius 1 is 1.11 bits per heavy atom. The summed E-state index contributed by atoms with van der Waals surface area (Å²) in [5, 5.41) is 0. The Labute approximate surface area is 108 Å². The highest BCUT2D eigenvalue weighted by atomic mass is 16.2. The highest BCUT2D eigenvalue weighted by Gasteiger charge is 2.46. The Hall–Kier alpha value is -1.10. The molecule has 2 fully saturated rings. The predicted molar refractivity (Wildman–Crippen MR) is 68.8 cm³/mol. The van der Waals surface area contributed by atoms with Crippen LogP contribution in [0.4, 0.5) is 0 Å². The molecule has 1 saturated heterocycles. The van der Waals surface area contributed by atoms with Crippen LogP contribution in [0.3, 0.4) is 0 Å². The molecule has 102 valence electrons. The average molecular weight is 253 g/mol. The lowest BCUT2D eigenvalue weighted by atomic mass is 9.95. The van der Waals surface area contributed by atoms with Crippen molar-refractivity contribution in [3.05, 3.63) is 0 Å². The summed E-state index contributed by atoms with van der Waals surface area (Å²) < 4.78 is 0. The Bertz CT molecular complexity index is 350. The molecule has 2 amide bonds. The molecule has 0 aromatic carbocycles. The molecule has 0 aromatic heterocycles. The molecule has 5 heteroatoms. The number of hydrogen-bond acceptors (Lipinski definition) is 3. The third-order valence-electron chi connectivity index (χ3n) is 4.11. The van der Waals surface area contributed by atoms with Gasteiger partial charge in [-0.1, -0.05) is 0 Å². The predicted octanol–water partition coefficient (Wildman–Crippen LogP) is 0.195. The van der Waals surface area contributed by atoms with E-state index in [0.717, 1.165) is 25.8 Å². The van der Waals surface area contributed by atoms with Gasteiger partial charge in [0, 0.05) is 33.1 Å². The average Bonchev–Trinajstić information content (AvgIpc) is 3.14. The number of nitrogens with two attached hydrogens (primary N) is 1. The summed E-state index contributed by atoms with van der Waals surface area (Å²) in [5.74, 6) is 0.481. The van der Waals surface area contributed by atoms with Crippen LogP contribution >= 0.6 is 0 Å². The van der Waals surface area contributed by atoms with Crippen molar-refractivity contribution in [3.8, 4) is 0 Å². The van der Waals surface area contributed by atoms with E-state index in [9.17, 15) is 9.59 Å². The van der Waals surface area contributed by atoms with Crippen molar-refractivity contribution in [1.29, 1.82) is 0 Å². The fourth-order valence-corrected chi connectivity index (χ4v) is 2.63. The lowest BCUT2D eigenvalue weighted by Crippen LogP contribution is -2.55. The molecule has 1 aliphatic carbocycles. The van der Waals surface area contributed by atoms with Crippen molar-refractivity contribution in [2.45, 2.75) is 38.6 Å². The van der Waals surface area contributed by atoms with Crippen LogP contribution in [-0.4, -0.2) is 53.3 Å². The molecule has 2 N–H and O–H groups in total. The minimum absolute atomic E-state index is 0.0513. The number of carbonyl (C=O) groups excluding carboxylic acids is 2. The molecular weight excluding hydrogens is 230 g/mol. The van der Waals surface area contributed by atoms with Gasteiger partial charge in [-0.15, -0.1) is 0 Å². The van der Waals surface area contributed by atoms with Gasteiger partial charge in [0.05, 0.1) is 5.54 Å². The van der Waals surface area contributed by atoms with E-state index in [-0.39, 0.29) is 11.8 Å². The lowest BCUT2D eigenvalue weighted by Gasteiger charge is -2.31. The largest absolute Gasteiger partial charge is 0.341 e. The van der Waals surface area contributed by atoms with E-state index in [1.807, 2.05) is 11.8 Å². The first-order valence-electron chi connectivity index (χ1n) is 6.76. The van der Waals surface area contributed by atoms with Crippen LogP contribution in [0.25, 0.3) is 0 Å². The molecule has 1 unspecified atom stereocenters. The first-order valence-corrected chi connectivity index (χ1v) is 6.76. The van der Waals surface area contributed by atoms with E-state index in [1.165, 1.54) is 0 Å². The van der Waals surface area contributed by atoms with Crippen LogP contribution in [-0.2, 0) is 9.59 Å². The van der Waals surface area contributed by atoms with Gasteiger partial charge in [0.1, 0.15) is 0 Å². The molecule has 0 radical (unpaired) electrons. The number of hydrogen-bond donors (Lipinski definition) is 1. The van der Waals surface area contributed by atoms with Gasteiger partial charge < -0.3 is 15.5 Å². The minimum atomic E-state index is -0.717.